The van der Waals surface area contributed by atoms with Crippen molar-refractivity contribution in [2.75, 3.05) is 6.61 Å². The normalized spacial score (nSPS) is 19.1. The van der Waals surface area contributed by atoms with Gasteiger partial charge in [0.2, 0.25) is 0 Å². The van der Waals surface area contributed by atoms with E-state index in [2.05, 4.69) is 17.3 Å². The lowest BCUT2D eigenvalue weighted by Gasteiger charge is -2.29. The summed E-state index contributed by atoms with van der Waals surface area (Å²) in [6, 6.07) is 6.18. The number of benzene rings is 1. The van der Waals surface area contributed by atoms with E-state index < -0.39 is 5.97 Å². The van der Waals surface area contributed by atoms with Gasteiger partial charge in [-0.1, -0.05) is 19.8 Å². The molecule has 0 saturated heterocycles. The molecule has 1 aromatic heterocycles. The van der Waals surface area contributed by atoms with Gasteiger partial charge in [-0.05, 0) is 62.9 Å². The van der Waals surface area contributed by atoms with Gasteiger partial charge in [0, 0.05) is 23.4 Å². The van der Waals surface area contributed by atoms with Crippen LogP contribution in [0, 0.1) is 25.6 Å². The van der Waals surface area contributed by atoms with Crippen molar-refractivity contribution in [3.8, 4) is 5.69 Å². The lowest BCUT2D eigenvalue weighted by atomic mass is 9.86. The van der Waals surface area contributed by atoms with Crippen LogP contribution >= 0.6 is 0 Å². The second-order valence-electron chi connectivity index (χ2n) is 7.85. The van der Waals surface area contributed by atoms with Crippen molar-refractivity contribution in [3.05, 3.63) is 53.1 Å². The molecule has 0 spiro atoms. The zero-order valence-corrected chi connectivity index (χ0v) is 17.7. The highest BCUT2D eigenvalue weighted by Crippen LogP contribution is 2.23. The van der Waals surface area contributed by atoms with E-state index in [0.29, 0.717) is 5.92 Å². The van der Waals surface area contributed by atoms with Gasteiger partial charge in [0.15, 0.2) is 6.61 Å². The summed E-state index contributed by atoms with van der Waals surface area (Å²) in [6.45, 7) is 5.54. The first-order valence-corrected chi connectivity index (χ1v) is 10.3. The zero-order valence-electron chi connectivity index (χ0n) is 17.7. The molecular formula is C23H28FN3O3. The number of aromatic nitrogens is 2. The fraction of sp³-hybridized carbons (Fsp3) is 0.435. The van der Waals surface area contributed by atoms with Crippen molar-refractivity contribution in [1.82, 2.24) is 15.1 Å². The third-order valence-corrected chi connectivity index (χ3v) is 5.61. The van der Waals surface area contributed by atoms with Crippen LogP contribution in [0.1, 0.15) is 49.6 Å². The van der Waals surface area contributed by atoms with E-state index in [9.17, 15) is 14.0 Å². The summed E-state index contributed by atoms with van der Waals surface area (Å²) in [5.74, 6) is -0.728. The minimum absolute atomic E-state index is 0.156. The van der Waals surface area contributed by atoms with Crippen molar-refractivity contribution >= 4 is 18.0 Å². The van der Waals surface area contributed by atoms with Gasteiger partial charge in [0.25, 0.3) is 5.91 Å². The lowest BCUT2D eigenvalue weighted by molar-refractivity contribution is -0.144. The largest absolute Gasteiger partial charge is 0.452 e. The standard InChI is InChI=1S/C23H28FN3O3/c1-15-6-4-5-7-21(15)25-22(28)14-30-23(29)13-12-20-16(2)26-27(17(20)3)19-10-8-18(24)9-11-19/h8-13,15,21H,4-7,14H2,1-3H3,(H,25,28)/b13-12+. The highest BCUT2D eigenvalue weighted by atomic mass is 19.1. The number of hydrogen-bond acceptors (Lipinski definition) is 4. The second kappa shape index (κ2) is 9.69. The predicted octanol–water partition coefficient (Wildman–Crippen LogP) is 3.88. The van der Waals surface area contributed by atoms with Gasteiger partial charge in [-0.25, -0.2) is 13.9 Å². The van der Waals surface area contributed by atoms with Crippen LogP contribution in [0.3, 0.4) is 0 Å². The molecule has 1 aromatic carbocycles. The van der Waals surface area contributed by atoms with E-state index in [0.717, 1.165) is 41.9 Å². The molecule has 0 aliphatic heterocycles. The number of amides is 1. The Morgan fingerprint density at radius 1 is 1.23 bits per heavy atom. The minimum atomic E-state index is -0.588. The smallest absolute Gasteiger partial charge is 0.331 e. The number of aryl methyl sites for hydroxylation is 1. The van der Waals surface area contributed by atoms with Crippen LogP contribution in [0.25, 0.3) is 11.8 Å². The summed E-state index contributed by atoms with van der Waals surface area (Å²) in [7, 11) is 0. The number of esters is 1. The molecular weight excluding hydrogens is 385 g/mol. The van der Waals surface area contributed by atoms with Crippen molar-refractivity contribution in [2.45, 2.75) is 52.5 Å². The van der Waals surface area contributed by atoms with Gasteiger partial charge < -0.3 is 10.1 Å². The van der Waals surface area contributed by atoms with Crippen molar-refractivity contribution in [1.29, 1.82) is 0 Å². The van der Waals surface area contributed by atoms with Crippen LogP contribution in [-0.2, 0) is 14.3 Å². The molecule has 160 valence electrons. The molecule has 6 nitrogen and oxygen atoms in total. The predicted molar refractivity (Wildman–Crippen MR) is 113 cm³/mol. The number of carbonyl (C=O) groups is 2. The maximum atomic E-state index is 13.2. The molecule has 1 heterocycles. The van der Waals surface area contributed by atoms with Crippen molar-refractivity contribution < 1.29 is 18.7 Å². The van der Waals surface area contributed by atoms with Crippen LogP contribution in [0.15, 0.2) is 30.3 Å². The molecule has 1 aliphatic rings. The van der Waals surface area contributed by atoms with E-state index in [1.807, 2.05) is 13.8 Å². The second-order valence-corrected chi connectivity index (χ2v) is 7.85. The maximum absolute atomic E-state index is 13.2. The third-order valence-electron chi connectivity index (χ3n) is 5.61. The van der Waals surface area contributed by atoms with Crippen LogP contribution in [-0.4, -0.2) is 34.3 Å². The van der Waals surface area contributed by atoms with E-state index >= 15 is 0 Å². The maximum Gasteiger partial charge on any atom is 0.331 e. The molecule has 3 rings (SSSR count). The molecule has 1 N–H and O–H groups in total. The highest BCUT2D eigenvalue weighted by Gasteiger charge is 2.23. The summed E-state index contributed by atoms with van der Waals surface area (Å²) in [6.07, 6.45) is 7.31. The monoisotopic (exact) mass is 413 g/mol. The van der Waals surface area contributed by atoms with Gasteiger partial charge in [0.05, 0.1) is 11.4 Å². The quantitative estimate of drug-likeness (QED) is 0.576. The topological polar surface area (TPSA) is 73.2 Å². The van der Waals surface area contributed by atoms with Crippen molar-refractivity contribution in [2.24, 2.45) is 5.92 Å². The van der Waals surface area contributed by atoms with Gasteiger partial charge in [-0.2, -0.15) is 5.10 Å². The van der Waals surface area contributed by atoms with Gasteiger partial charge >= 0.3 is 5.97 Å². The molecule has 7 heteroatoms. The Labute approximate surface area is 176 Å². The number of ether oxygens (including phenoxy) is 1. The molecule has 0 radical (unpaired) electrons. The van der Waals surface area contributed by atoms with E-state index in [4.69, 9.17) is 4.74 Å². The zero-order chi connectivity index (χ0) is 21.7. The molecule has 2 aromatic rings. The summed E-state index contributed by atoms with van der Waals surface area (Å²) < 4.78 is 19.9. The lowest BCUT2D eigenvalue weighted by Crippen LogP contribution is -2.42. The average Bonchev–Trinajstić information content (AvgIpc) is 3.01. The first-order chi connectivity index (χ1) is 14.3. The average molecular weight is 413 g/mol. The molecule has 1 fully saturated rings. The van der Waals surface area contributed by atoms with E-state index in [-0.39, 0.29) is 24.4 Å². The number of nitrogens with one attached hydrogen (secondary N) is 1. The number of nitrogens with zero attached hydrogens (tertiary/aromatic N) is 2. The van der Waals surface area contributed by atoms with E-state index in [1.165, 1.54) is 24.6 Å². The SMILES string of the molecule is Cc1nn(-c2ccc(F)cc2)c(C)c1/C=C/C(=O)OCC(=O)NC1CCCCC1C. The summed E-state index contributed by atoms with van der Waals surface area (Å²) in [5.41, 5.74) is 3.04. The molecule has 1 saturated carbocycles. The van der Waals surface area contributed by atoms with Crippen molar-refractivity contribution in [3.63, 3.8) is 0 Å². The van der Waals surface area contributed by atoms with Gasteiger partial charge in [0.1, 0.15) is 5.82 Å². The number of hydrogen-bond donors (Lipinski definition) is 1. The van der Waals surface area contributed by atoms with E-state index in [1.54, 1.807) is 22.9 Å². The summed E-state index contributed by atoms with van der Waals surface area (Å²) >= 11 is 0. The Bertz CT molecular complexity index is 934. The fourth-order valence-electron chi connectivity index (χ4n) is 3.84. The van der Waals surface area contributed by atoms with Crippen LogP contribution < -0.4 is 5.32 Å². The third kappa shape index (κ3) is 5.34. The summed E-state index contributed by atoms with van der Waals surface area (Å²) in [5, 5.41) is 7.42. The Morgan fingerprint density at radius 3 is 2.63 bits per heavy atom. The summed E-state index contributed by atoms with van der Waals surface area (Å²) in [4.78, 5) is 24.1. The minimum Gasteiger partial charge on any atom is -0.452 e. The first kappa shape index (κ1) is 21.7. The molecule has 1 aliphatic carbocycles. The molecule has 2 unspecified atom stereocenters. The molecule has 0 bridgehead atoms. The van der Waals surface area contributed by atoms with Gasteiger partial charge in [-0.3, -0.25) is 4.79 Å². The molecule has 2 atom stereocenters. The molecule has 1 amide bonds. The highest BCUT2D eigenvalue weighted by molar-refractivity contribution is 5.89. The first-order valence-electron chi connectivity index (χ1n) is 10.3. The number of rotatable bonds is 6. The molecule has 30 heavy (non-hydrogen) atoms. The Kier molecular flexibility index (Phi) is 7.03. The Morgan fingerprint density at radius 2 is 1.93 bits per heavy atom. The fourth-order valence-corrected chi connectivity index (χ4v) is 3.84. The Hall–Kier alpha value is -2.96. The number of halogens is 1. The van der Waals surface area contributed by atoms with Gasteiger partial charge in [-0.15, -0.1) is 0 Å². The Balaban J connectivity index is 1.57. The van der Waals surface area contributed by atoms with Crippen LogP contribution in [0.4, 0.5) is 4.39 Å². The van der Waals surface area contributed by atoms with Crippen LogP contribution in [0.5, 0.6) is 0 Å². The number of carbonyl (C=O) groups excluding carboxylic acids is 2. The van der Waals surface area contributed by atoms with Crippen LogP contribution in [0.2, 0.25) is 0 Å².